The molecule has 0 aliphatic carbocycles. The number of nitrogens with one attached hydrogen (secondary N) is 1. The standard InChI is InChI=1S/C16H20N4O3S2/c1-11(15(21)17-13-8-9-25(22,23)10-13)24-16-19-18-14(20(16)2)12-6-4-3-5-7-12/h3-7,11,13H,8-10H2,1-2H3,(H,17,21)/t11-,13-/m0/s1. The molecule has 1 amide bonds. The molecule has 1 aromatic heterocycles. The molecule has 7 nitrogen and oxygen atoms in total. The van der Waals surface area contributed by atoms with Crippen molar-refractivity contribution in [2.45, 2.75) is 29.8 Å². The van der Waals surface area contributed by atoms with E-state index in [1.165, 1.54) is 11.8 Å². The molecule has 0 bridgehead atoms. The van der Waals surface area contributed by atoms with Crippen molar-refractivity contribution in [2.75, 3.05) is 11.5 Å². The molecule has 0 saturated carbocycles. The molecule has 134 valence electrons. The van der Waals surface area contributed by atoms with Crippen molar-refractivity contribution in [1.82, 2.24) is 20.1 Å². The number of aromatic nitrogens is 3. The number of hydrogen-bond acceptors (Lipinski definition) is 6. The number of carbonyl (C=O) groups is 1. The van der Waals surface area contributed by atoms with Crippen molar-refractivity contribution in [3.63, 3.8) is 0 Å². The highest BCUT2D eigenvalue weighted by Crippen LogP contribution is 2.25. The number of amides is 1. The Kier molecular flexibility index (Phi) is 5.14. The quantitative estimate of drug-likeness (QED) is 0.785. The topological polar surface area (TPSA) is 93.9 Å². The van der Waals surface area contributed by atoms with E-state index < -0.39 is 15.1 Å². The van der Waals surface area contributed by atoms with E-state index in [-0.39, 0.29) is 23.5 Å². The van der Waals surface area contributed by atoms with Crippen molar-refractivity contribution in [1.29, 1.82) is 0 Å². The smallest absolute Gasteiger partial charge is 0.233 e. The van der Waals surface area contributed by atoms with Crippen LogP contribution in [-0.2, 0) is 21.7 Å². The van der Waals surface area contributed by atoms with Crippen LogP contribution in [0.25, 0.3) is 11.4 Å². The Morgan fingerprint density at radius 1 is 1.32 bits per heavy atom. The molecule has 3 rings (SSSR count). The van der Waals surface area contributed by atoms with E-state index in [0.29, 0.717) is 11.6 Å². The molecule has 1 fully saturated rings. The first-order chi connectivity index (χ1) is 11.9. The Morgan fingerprint density at radius 3 is 2.68 bits per heavy atom. The van der Waals surface area contributed by atoms with Crippen LogP contribution in [0.2, 0.25) is 0 Å². The molecule has 9 heteroatoms. The van der Waals surface area contributed by atoms with Gasteiger partial charge in [-0.2, -0.15) is 0 Å². The van der Waals surface area contributed by atoms with E-state index in [0.717, 1.165) is 11.4 Å². The van der Waals surface area contributed by atoms with Crippen molar-refractivity contribution in [3.8, 4) is 11.4 Å². The fourth-order valence-corrected chi connectivity index (χ4v) is 5.19. The van der Waals surface area contributed by atoms with E-state index in [1.807, 2.05) is 41.9 Å². The summed E-state index contributed by atoms with van der Waals surface area (Å²) in [7, 11) is -1.15. The summed E-state index contributed by atoms with van der Waals surface area (Å²) in [6, 6.07) is 9.42. The Morgan fingerprint density at radius 2 is 2.04 bits per heavy atom. The molecule has 0 radical (unpaired) electrons. The van der Waals surface area contributed by atoms with Gasteiger partial charge in [-0.3, -0.25) is 4.79 Å². The van der Waals surface area contributed by atoms with Gasteiger partial charge in [-0.25, -0.2) is 8.42 Å². The maximum Gasteiger partial charge on any atom is 0.233 e. The Labute approximate surface area is 151 Å². The van der Waals surface area contributed by atoms with Gasteiger partial charge in [0, 0.05) is 18.7 Å². The molecule has 1 N–H and O–H groups in total. The summed E-state index contributed by atoms with van der Waals surface area (Å²) < 4.78 is 24.8. The van der Waals surface area contributed by atoms with E-state index in [1.54, 1.807) is 6.92 Å². The number of thioether (sulfide) groups is 1. The fourth-order valence-electron chi connectivity index (χ4n) is 2.70. The molecule has 2 atom stereocenters. The molecule has 1 aliphatic rings. The average molecular weight is 380 g/mol. The lowest BCUT2D eigenvalue weighted by molar-refractivity contribution is -0.120. The van der Waals surface area contributed by atoms with Crippen LogP contribution in [0.4, 0.5) is 0 Å². The van der Waals surface area contributed by atoms with E-state index >= 15 is 0 Å². The third-order valence-electron chi connectivity index (χ3n) is 4.10. The first-order valence-corrected chi connectivity index (χ1v) is 10.7. The monoisotopic (exact) mass is 380 g/mol. The third-order valence-corrected chi connectivity index (χ3v) is 7.00. The third kappa shape index (κ3) is 4.21. The number of nitrogens with zero attached hydrogens (tertiary/aromatic N) is 3. The summed E-state index contributed by atoms with van der Waals surface area (Å²) in [5.41, 5.74) is 0.956. The SMILES string of the molecule is C[C@H](Sc1nnc(-c2ccccc2)n1C)C(=O)N[C@H]1CCS(=O)(=O)C1. The summed E-state index contributed by atoms with van der Waals surface area (Å²) in [6.07, 6.45) is 0.480. The molecule has 2 heterocycles. The zero-order valence-electron chi connectivity index (χ0n) is 14.0. The van der Waals surface area contributed by atoms with Gasteiger partial charge in [-0.05, 0) is 13.3 Å². The maximum absolute atomic E-state index is 12.3. The van der Waals surface area contributed by atoms with Crippen molar-refractivity contribution in [2.24, 2.45) is 7.05 Å². The minimum Gasteiger partial charge on any atom is -0.351 e. The van der Waals surface area contributed by atoms with Gasteiger partial charge in [0.15, 0.2) is 20.8 Å². The number of carbonyl (C=O) groups excluding carboxylic acids is 1. The predicted molar refractivity (Wildman–Crippen MR) is 97.0 cm³/mol. The first kappa shape index (κ1) is 17.9. The molecular weight excluding hydrogens is 360 g/mol. The van der Waals surface area contributed by atoms with Gasteiger partial charge in [-0.1, -0.05) is 42.1 Å². The number of rotatable bonds is 5. The average Bonchev–Trinajstić information content (AvgIpc) is 3.11. The highest BCUT2D eigenvalue weighted by atomic mass is 32.2. The van der Waals surface area contributed by atoms with Crippen molar-refractivity contribution < 1.29 is 13.2 Å². The van der Waals surface area contributed by atoms with Gasteiger partial charge >= 0.3 is 0 Å². The van der Waals surface area contributed by atoms with Crippen LogP contribution >= 0.6 is 11.8 Å². The van der Waals surface area contributed by atoms with Gasteiger partial charge in [0.1, 0.15) is 0 Å². The Hall–Kier alpha value is -1.87. The van der Waals surface area contributed by atoms with Crippen LogP contribution in [0.15, 0.2) is 35.5 Å². The van der Waals surface area contributed by atoms with Gasteiger partial charge in [0.2, 0.25) is 5.91 Å². The normalized spacial score (nSPS) is 20.3. The van der Waals surface area contributed by atoms with Crippen LogP contribution in [0.1, 0.15) is 13.3 Å². The Bertz CT molecular complexity index is 865. The molecule has 25 heavy (non-hydrogen) atoms. The number of sulfone groups is 1. The first-order valence-electron chi connectivity index (χ1n) is 7.98. The lowest BCUT2D eigenvalue weighted by Gasteiger charge is -2.15. The maximum atomic E-state index is 12.3. The van der Waals surface area contributed by atoms with Gasteiger partial charge in [0.25, 0.3) is 0 Å². The van der Waals surface area contributed by atoms with Crippen LogP contribution in [0.3, 0.4) is 0 Å². The van der Waals surface area contributed by atoms with Gasteiger partial charge in [0.05, 0.1) is 16.8 Å². The molecule has 1 aromatic carbocycles. The lowest BCUT2D eigenvalue weighted by atomic mass is 10.2. The second kappa shape index (κ2) is 7.17. The minimum absolute atomic E-state index is 0.0260. The van der Waals surface area contributed by atoms with Crippen LogP contribution in [0, 0.1) is 0 Å². The molecule has 2 aromatic rings. The van der Waals surface area contributed by atoms with Gasteiger partial charge < -0.3 is 9.88 Å². The summed E-state index contributed by atoms with van der Waals surface area (Å²) in [6.45, 7) is 1.78. The fraction of sp³-hybridized carbons (Fsp3) is 0.438. The van der Waals surface area contributed by atoms with Crippen LogP contribution < -0.4 is 5.32 Å². The summed E-state index contributed by atoms with van der Waals surface area (Å²) in [5, 5.41) is 11.4. The lowest BCUT2D eigenvalue weighted by Crippen LogP contribution is -2.40. The van der Waals surface area contributed by atoms with Gasteiger partial charge in [-0.15, -0.1) is 10.2 Å². The number of hydrogen-bond donors (Lipinski definition) is 1. The second-order valence-corrected chi connectivity index (χ2v) is 9.64. The van der Waals surface area contributed by atoms with E-state index in [2.05, 4.69) is 15.5 Å². The van der Waals surface area contributed by atoms with E-state index in [9.17, 15) is 13.2 Å². The summed E-state index contributed by atoms with van der Waals surface area (Å²) in [5.74, 6) is 0.718. The Balaban J connectivity index is 1.64. The van der Waals surface area contributed by atoms with Crippen LogP contribution in [0.5, 0.6) is 0 Å². The molecular formula is C16H20N4O3S2. The highest BCUT2D eigenvalue weighted by Gasteiger charge is 2.30. The molecule has 0 spiro atoms. The minimum atomic E-state index is -3.01. The highest BCUT2D eigenvalue weighted by molar-refractivity contribution is 8.00. The largest absolute Gasteiger partial charge is 0.351 e. The van der Waals surface area contributed by atoms with Crippen molar-refractivity contribution >= 4 is 27.5 Å². The second-order valence-electron chi connectivity index (χ2n) is 6.10. The van der Waals surface area contributed by atoms with E-state index in [4.69, 9.17) is 0 Å². The summed E-state index contributed by atoms with van der Waals surface area (Å²) >= 11 is 1.30. The molecule has 1 saturated heterocycles. The zero-order valence-corrected chi connectivity index (χ0v) is 15.7. The molecule has 0 unspecified atom stereocenters. The number of benzene rings is 1. The molecule has 1 aliphatic heterocycles. The summed E-state index contributed by atoms with van der Waals surface area (Å²) in [4.78, 5) is 12.3. The predicted octanol–water partition coefficient (Wildman–Crippen LogP) is 1.27. The van der Waals surface area contributed by atoms with Crippen molar-refractivity contribution in [3.05, 3.63) is 30.3 Å². The zero-order chi connectivity index (χ0) is 18.0. The van der Waals surface area contributed by atoms with Crippen LogP contribution in [-0.4, -0.2) is 51.9 Å².